The van der Waals surface area contributed by atoms with Crippen molar-refractivity contribution in [3.05, 3.63) is 0 Å². The molecule has 0 spiro atoms. The molecular weight excluding hydrogens is 252 g/mol. The highest BCUT2D eigenvalue weighted by Gasteiger charge is 2.21. The largest absolute Gasteiger partial charge is 0.481 e. The van der Waals surface area contributed by atoms with Gasteiger partial charge in [0.1, 0.15) is 0 Å². The lowest BCUT2D eigenvalue weighted by Gasteiger charge is -2.12. The molecule has 8 nitrogen and oxygen atoms in total. The molecule has 1 amide bonds. The van der Waals surface area contributed by atoms with E-state index in [0.717, 1.165) is 7.11 Å². The van der Waals surface area contributed by atoms with E-state index in [0.29, 0.717) is 12.8 Å². The van der Waals surface area contributed by atoms with E-state index in [2.05, 4.69) is 4.74 Å². The topological polar surface area (TPSA) is 122 Å². The second-order valence-corrected chi connectivity index (χ2v) is 4.77. The van der Waals surface area contributed by atoms with Crippen LogP contribution in [0, 0.1) is 5.92 Å². The smallest absolute Gasteiger partial charge is 0.421 e. The molecule has 17 heavy (non-hydrogen) atoms. The molecule has 0 bridgehead atoms. The minimum atomic E-state index is -4.08. The Bertz CT molecular complexity index is 366. The van der Waals surface area contributed by atoms with E-state index in [1.54, 1.807) is 11.6 Å². The maximum atomic E-state index is 11.2. The van der Waals surface area contributed by atoms with Crippen molar-refractivity contribution in [3.8, 4) is 0 Å². The van der Waals surface area contributed by atoms with Gasteiger partial charge in [0.05, 0.1) is 13.0 Å². The van der Waals surface area contributed by atoms with E-state index >= 15 is 0 Å². The summed E-state index contributed by atoms with van der Waals surface area (Å²) in [5, 5.41) is 8.78. The van der Waals surface area contributed by atoms with E-state index < -0.39 is 28.2 Å². The highest BCUT2D eigenvalue weighted by molar-refractivity contribution is 7.88. The molecule has 0 saturated carbocycles. The van der Waals surface area contributed by atoms with Crippen molar-refractivity contribution < 1.29 is 27.9 Å². The predicted molar refractivity (Wildman–Crippen MR) is 58.5 cm³/mol. The number of hydrogen-bond acceptors (Lipinski definition) is 5. The summed E-state index contributed by atoms with van der Waals surface area (Å²) in [5.74, 6) is -1.91. The number of rotatable bonds is 7. The highest BCUT2D eigenvalue weighted by atomic mass is 32.2. The normalized spacial score (nSPS) is 12.8. The molecule has 0 fully saturated rings. The molecule has 0 saturated heterocycles. The van der Waals surface area contributed by atoms with Gasteiger partial charge in [0.25, 0.3) is 0 Å². The van der Waals surface area contributed by atoms with Crippen LogP contribution in [0.4, 0.5) is 4.79 Å². The number of carbonyl (C=O) groups excluding carboxylic acids is 1. The van der Waals surface area contributed by atoms with E-state index in [4.69, 9.17) is 5.11 Å². The molecule has 0 radical (unpaired) electrons. The first-order chi connectivity index (χ1) is 7.82. The number of nitrogens with one attached hydrogen (secondary N) is 2. The molecule has 1 atom stereocenters. The first-order valence-electron chi connectivity index (χ1n) is 4.90. The van der Waals surface area contributed by atoms with Gasteiger partial charge < -0.3 is 9.84 Å². The Morgan fingerprint density at radius 2 is 2.00 bits per heavy atom. The molecule has 0 aromatic heterocycles. The third-order valence-electron chi connectivity index (χ3n) is 1.91. The average Bonchev–Trinajstić information content (AvgIpc) is 2.23. The maximum Gasteiger partial charge on any atom is 0.421 e. The highest BCUT2D eigenvalue weighted by Crippen LogP contribution is 2.05. The Morgan fingerprint density at radius 1 is 1.41 bits per heavy atom. The molecule has 0 aromatic rings. The number of aliphatic carboxylic acids is 1. The van der Waals surface area contributed by atoms with E-state index in [1.165, 1.54) is 0 Å². The average molecular weight is 268 g/mol. The van der Waals surface area contributed by atoms with Crippen molar-refractivity contribution in [3.63, 3.8) is 0 Å². The molecule has 100 valence electrons. The van der Waals surface area contributed by atoms with Crippen LogP contribution in [0.25, 0.3) is 0 Å². The van der Waals surface area contributed by atoms with Gasteiger partial charge in [0, 0.05) is 6.54 Å². The summed E-state index contributed by atoms with van der Waals surface area (Å²) in [4.78, 5) is 21.4. The number of hydrogen-bond donors (Lipinski definition) is 3. The van der Waals surface area contributed by atoms with Gasteiger partial charge >= 0.3 is 22.3 Å². The summed E-state index contributed by atoms with van der Waals surface area (Å²) in [6.07, 6.45) is -0.181. The van der Waals surface area contributed by atoms with Gasteiger partial charge in [-0.2, -0.15) is 13.1 Å². The zero-order valence-electron chi connectivity index (χ0n) is 9.60. The van der Waals surface area contributed by atoms with Gasteiger partial charge in [-0.1, -0.05) is 13.3 Å². The third-order valence-corrected chi connectivity index (χ3v) is 2.89. The second-order valence-electron chi connectivity index (χ2n) is 3.27. The van der Waals surface area contributed by atoms with Crippen LogP contribution in [0.1, 0.15) is 19.8 Å². The zero-order chi connectivity index (χ0) is 13.5. The van der Waals surface area contributed by atoms with Gasteiger partial charge in [-0.15, -0.1) is 0 Å². The van der Waals surface area contributed by atoms with Crippen LogP contribution < -0.4 is 9.44 Å². The Morgan fingerprint density at radius 3 is 2.41 bits per heavy atom. The Labute approximate surface area is 99.5 Å². The fourth-order valence-corrected chi connectivity index (χ4v) is 1.85. The molecule has 0 aromatic carbocycles. The van der Waals surface area contributed by atoms with Crippen molar-refractivity contribution in [2.24, 2.45) is 5.92 Å². The number of carboxylic acid groups (broad SMARTS) is 1. The molecule has 9 heteroatoms. The van der Waals surface area contributed by atoms with Crippen LogP contribution in [0.15, 0.2) is 0 Å². The Kier molecular flexibility index (Phi) is 6.51. The predicted octanol–water partition coefficient (Wildman–Crippen LogP) is -0.322. The van der Waals surface area contributed by atoms with Crippen LogP contribution in [-0.2, 0) is 19.7 Å². The van der Waals surface area contributed by atoms with Crippen LogP contribution in [0.5, 0.6) is 0 Å². The molecule has 0 aliphatic carbocycles. The number of carbonyl (C=O) groups is 2. The minimum Gasteiger partial charge on any atom is -0.481 e. The molecule has 0 heterocycles. The lowest BCUT2D eigenvalue weighted by molar-refractivity contribution is -0.141. The molecule has 0 aliphatic heterocycles. The third kappa shape index (κ3) is 6.74. The lowest BCUT2D eigenvalue weighted by Crippen LogP contribution is -2.43. The van der Waals surface area contributed by atoms with Crippen molar-refractivity contribution in [1.29, 1.82) is 0 Å². The SMILES string of the molecule is CCCC(CNS(=O)(=O)NC(=O)OC)C(=O)O. The van der Waals surface area contributed by atoms with Gasteiger partial charge in [-0.3, -0.25) is 4.79 Å². The van der Waals surface area contributed by atoms with Crippen molar-refractivity contribution >= 4 is 22.3 Å². The second kappa shape index (κ2) is 7.07. The fraction of sp³-hybridized carbons (Fsp3) is 0.750. The zero-order valence-corrected chi connectivity index (χ0v) is 10.4. The van der Waals surface area contributed by atoms with Gasteiger partial charge in [0.2, 0.25) is 0 Å². The van der Waals surface area contributed by atoms with Crippen molar-refractivity contribution in [2.45, 2.75) is 19.8 Å². The molecular formula is C8H16N2O6S. The van der Waals surface area contributed by atoms with Crippen LogP contribution in [0.3, 0.4) is 0 Å². The Balaban J connectivity index is 4.33. The van der Waals surface area contributed by atoms with E-state index in [1.807, 2.05) is 4.72 Å². The summed E-state index contributed by atoms with van der Waals surface area (Å²) in [6, 6.07) is 0. The molecule has 3 N–H and O–H groups in total. The van der Waals surface area contributed by atoms with Crippen molar-refractivity contribution in [1.82, 2.24) is 9.44 Å². The molecule has 0 aliphatic rings. The first kappa shape index (κ1) is 15.7. The van der Waals surface area contributed by atoms with E-state index in [-0.39, 0.29) is 6.54 Å². The van der Waals surface area contributed by atoms with E-state index in [9.17, 15) is 18.0 Å². The number of methoxy groups -OCH3 is 1. The number of amides is 1. The fourth-order valence-electron chi connectivity index (χ4n) is 1.06. The standard InChI is InChI=1S/C8H16N2O6S/c1-3-4-6(7(11)12)5-9-17(14,15)10-8(13)16-2/h6,9H,3-5H2,1-2H3,(H,10,13)(H,11,12). The number of ether oxygens (including phenoxy) is 1. The summed E-state index contributed by atoms with van der Waals surface area (Å²) >= 11 is 0. The van der Waals surface area contributed by atoms with Crippen molar-refractivity contribution in [2.75, 3.05) is 13.7 Å². The molecule has 0 rings (SSSR count). The summed E-state index contributed by atoms with van der Waals surface area (Å²) in [5.41, 5.74) is 0. The maximum absolute atomic E-state index is 11.2. The summed E-state index contributed by atoms with van der Waals surface area (Å²) in [7, 11) is -3.06. The van der Waals surface area contributed by atoms with Crippen LogP contribution in [-0.4, -0.2) is 39.2 Å². The Hall–Kier alpha value is -1.35. The van der Waals surface area contributed by atoms with Crippen LogP contribution >= 0.6 is 0 Å². The van der Waals surface area contributed by atoms with Gasteiger partial charge in [-0.05, 0) is 6.42 Å². The quantitative estimate of drug-likeness (QED) is 0.581. The van der Waals surface area contributed by atoms with Gasteiger partial charge in [-0.25, -0.2) is 9.52 Å². The van der Waals surface area contributed by atoms with Crippen LogP contribution in [0.2, 0.25) is 0 Å². The number of carboxylic acids is 1. The monoisotopic (exact) mass is 268 g/mol. The minimum absolute atomic E-state index is 0.282. The first-order valence-corrected chi connectivity index (χ1v) is 6.38. The lowest BCUT2D eigenvalue weighted by atomic mass is 10.1. The molecule has 1 unspecified atom stereocenters. The summed E-state index contributed by atoms with van der Waals surface area (Å²) < 4.78 is 30.1. The van der Waals surface area contributed by atoms with Gasteiger partial charge in [0.15, 0.2) is 0 Å². The summed E-state index contributed by atoms with van der Waals surface area (Å²) in [6.45, 7) is 1.51.